The molecule has 0 spiro atoms. The zero-order chi connectivity index (χ0) is 31.0. The maximum Gasteiger partial charge on any atom is 0.318 e. The number of nitrogens with zero attached hydrogens (tertiary/aromatic N) is 7. The summed E-state index contributed by atoms with van der Waals surface area (Å²) in [6.07, 6.45) is 2.94. The Balaban J connectivity index is 1.34. The van der Waals surface area contributed by atoms with Crippen molar-refractivity contribution in [1.29, 1.82) is 5.26 Å². The number of carbonyl (C=O) groups is 1. The monoisotopic (exact) mass is 659 g/mol. The summed E-state index contributed by atoms with van der Waals surface area (Å²) in [5, 5.41) is 11.2. The summed E-state index contributed by atoms with van der Waals surface area (Å²) in [6.45, 7) is 3.85. The highest BCUT2D eigenvalue weighted by Gasteiger charge is 2.36. The number of anilines is 2. The predicted molar refractivity (Wildman–Crippen MR) is 170 cm³/mol. The molecular formula is C31H33Cl3FN7O2. The third-order valence-electron chi connectivity index (χ3n) is 8.93. The highest BCUT2D eigenvalue weighted by atomic mass is 35.5. The minimum atomic E-state index is -1.19. The second kappa shape index (κ2) is 13.1. The molecule has 3 aliphatic heterocycles. The van der Waals surface area contributed by atoms with Crippen LogP contribution in [0.15, 0.2) is 30.3 Å². The molecule has 1 amide bonds. The molecule has 232 valence electrons. The van der Waals surface area contributed by atoms with Crippen LogP contribution in [0.3, 0.4) is 0 Å². The Labute approximate surface area is 271 Å². The maximum atomic E-state index is 14.5. The normalized spacial score (nSPS) is 20.7. The van der Waals surface area contributed by atoms with Gasteiger partial charge in [0.2, 0.25) is 0 Å². The number of hydrogen-bond donors (Lipinski definition) is 0. The zero-order valence-corrected chi connectivity index (χ0v) is 26.6. The van der Waals surface area contributed by atoms with E-state index >= 15 is 0 Å². The van der Waals surface area contributed by atoms with E-state index in [-0.39, 0.29) is 17.5 Å². The van der Waals surface area contributed by atoms with Gasteiger partial charge in [-0.05, 0) is 50.4 Å². The summed E-state index contributed by atoms with van der Waals surface area (Å²) in [4.78, 5) is 29.5. The zero-order valence-electron chi connectivity index (χ0n) is 24.4. The van der Waals surface area contributed by atoms with Crippen molar-refractivity contribution in [3.8, 4) is 12.1 Å². The Morgan fingerprint density at radius 2 is 1.98 bits per heavy atom. The number of ether oxygens (including phenoxy) is 1. The number of likely N-dealkylation sites (tertiary alicyclic amines) is 1. The number of piperazine rings is 1. The van der Waals surface area contributed by atoms with Crippen LogP contribution in [0.1, 0.15) is 30.5 Å². The van der Waals surface area contributed by atoms with Crippen molar-refractivity contribution >= 4 is 63.0 Å². The Hall–Kier alpha value is -3.10. The predicted octanol–water partition coefficient (Wildman–Crippen LogP) is 5.19. The standard InChI is InChI=1S/C31H33Cl3FN7O2/c1-39-12-3-5-21(39)18-44-31-37-24-17-40(25-6-2-4-19-7-8-23(35)27(32)26(19)25)13-10-22(24)29(38-31)41-14-15-42(30(43)28(33)34)20(16-41)9-11-36/h2,4,6-8,20-21,28H,3,5,9-10,12-18H2,1H3/t20-,21-/m0/s1. The van der Waals surface area contributed by atoms with Gasteiger partial charge in [-0.2, -0.15) is 15.2 Å². The van der Waals surface area contributed by atoms with Gasteiger partial charge >= 0.3 is 6.01 Å². The molecule has 2 saturated heterocycles. The van der Waals surface area contributed by atoms with Gasteiger partial charge in [0.25, 0.3) is 5.91 Å². The van der Waals surface area contributed by atoms with E-state index in [0.29, 0.717) is 57.1 Å². The van der Waals surface area contributed by atoms with Crippen LogP contribution in [-0.2, 0) is 17.8 Å². The summed E-state index contributed by atoms with van der Waals surface area (Å²) in [5.74, 6) is -0.112. The van der Waals surface area contributed by atoms with E-state index in [1.165, 1.54) is 6.07 Å². The van der Waals surface area contributed by atoms with Gasteiger partial charge in [-0.3, -0.25) is 4.79 Å². The van der Waals surface area contributed by atoms with Crippen LogP contribution in [0.5, 0.6) is 6.01 Å². The highest BCUT2D eigenvalue weighted by molar-refractivity contribution is 6.53. The van der Waals surface area contributed by atoms with Crippen LogP contribution in [0.2, 0.25) is 5.02 Å². The van der Waals surface area contributed by atoms with Crippen LogP contribution in [-0.4, -0.2) is 89.0 Å². The molecule has 13 heteroatoms. The second-order valence-corrected chi connectivity index (χ2v) is 13.0. The van der Waals surface area contributed by atoms with Gasteiger partial charge in [-0.15, -0.1) is 0 Å². The van der Waals surface area contributed by atoms with E-state index in [1.807, 2.05) is 18.2 Å². The summed E-state index contributed by atoms with van der Waals surface area (Å²) >= 11 is 18.3. The Morgan fingerprint density at radius 3 is 2.73 bits per heavy atom. The van der Waals surface area contributed by atoms with E-state index in [0.717, 1.165) is 47.5 Å². The first-order valence-electron chi connectivity index (χ1n) is 14.8. The smallest absolute Gasteiger partial charge is 0.318 e. The molecule has 0 N–H and O–H groups in total. The van der Waals surface area contributed by atoms with E-state index in [4.69, 9.17) is 49.5 Å². The lowest BCUT2D eigenvalue weighted by molar-refractivity contribution is -0.132. The lowest BCUT2D eigenvalue weighted by Crippen LogP contribution is -2.56. The Morgan fingerprint density at radius 1 is 1.14 bits per heavy atom. The van der Waals surface area contributed by atoms with Crippen molar-refractivity contribution in [3.63, 3.8) is 0 Å². The van der Waals surface area contributed by atoms with Crippen molar-refractivity contribution in [2.45, 2.75) is 49.1 Å². The van der Waals surface area contributed by atoms with Crippen molar-refractivity contribution in [3.05, 3.63) is 52.4 Å². The molecule has 0 saturated carbocycles. The third-order valence-corrected chi connectivity index (χ3v) is 9.67. The van der Waals surface area contributed by atoms with E-state index < -0.39 is 22.6 Å². The fourth-order valence-electron chi connectivity index (χ4n) is 6.58. The Bertz CT molecular complexity index is 1600. The highest BCUT2D eigenvalue weighted by Crippen LogP contribution is 2.38. The molecule has 44 heavy (non-hydrogen) atoms. The van der Waals surface area contributed by atoms with Gasteiger partial charge < -0.3 is 24.3 Å². The molecule has 0 radical (unpaired) electrons. The number of alkyl halides is 2. The van der Waals surface area contributed by atoms with Crippen LogP contribution in [0, 0.1) is 17.1 Å². The van der Waals surface area contributed by atoms with Crippen LogP contribution in [0.4, 0.5) is 15.9 Å². The number of halogens is 4. The largest absolute Gasteiger partial charge is 0.462 e. The molecule has 4 heterocycles. The molecular weight excluding hydrogens is 628 g/mol. The minimum absolute atomic E-state index is 0.101. The molecule has 0 unspecified atom stereocenters. The van der Waals surface area contributed by atoms with Gasteiger partial charge in [0.15, 0.2) is 4.84 Å². The van der Waals surface area contributed by atoms with Gasteiger partial charge in [0.05, 0.1) is 35.8 Å². The van der Waals surface area contributed by atoms with Crippen molar-refractivity contribution in [1.82, 2.24) is 19.8 Å². The fourth-order valence-corrected chi connectivity index (χ4v) is 7.10. The lowest BCUT2D eigenvalue weighted by atomic mass is 10.0. The van der Waals surface area contributed by atoms with Crippen molar-refractivity contribution < 1.29 is 13.9 Å². The van der Waals surface area contributed by atoms with Gasteiger partial charge in [0.1, 0.15) is 18.2 Å². The number of nitriles is 1. The van der Waals surface area contributed by atoms with Crippen LogP contribution >= 0.6 is 34.8 Å². The number of likely N-dealkylation sites (N-methyl/N-ethyl adjacent to an activating group) is 1. The molecule has 2 aromatic carbocycles. The molecule has 0 bridgehead atoms. The number of amides is 1. The van der Waals surface area contributed by atoms with E-state index in [1.54, 1.807) is 11.0 Å². The summed E-state index contributed by atoms with van der Waals surface area (Å²) < 4.78 is 20.8. The molecule has 2 atom stereocenters. The number of fused-ring (bicyclic) bond motifs is 2. The third kappa shape index (κ3) is 6.08. The first-order valence-corrected chi connectivity index (χ1v) is 16.0. The van der Waals surface area contributed by atoms with Crippen LogP contribution in [0.25, 0.3) is 10.8 Å². The first kappa shape index (κ1) is 30.9. The average molecular weight is 661 g/mol. The molecule has 9 nitrogen and oxygen atoms in total. The molecule has 3 aromatic rings. The van der Waals surface area contributed by atoms with Gasteiger partial charge in [-0.1, -0.05) is 53.0 Å². The summed E-state index contributed by atoms with van der Waals surface area (Å²) in [6, 6.07) is 11.3. The topological polar surface area (TPSA) is 88.8 Å². The summed E-state index contributed by atoms with van der Waals surface area (Å²) in [5.41, 5.74) is 2.65. The van der Waals surface area contributed by atoms with E-state index in [2.05, 4.69) is 27.8 Å². The Kier molecular flexibility index (Phi) is 9.20. The quantitative estimate of drug-likeness (QED) is 0.320. The molecule has 6 rings (SSSR count). The summed E-state index contributed by atoms with van der Waals surface area (Å²) in [7, 11) is 2.10. The number of aromatic nitrogens is 2. The molecule has 0 aliphatic carbocycles. The number of rotatable bonds is 7. The van der Waals surface area contributed by atoms with E-state index in [9.17, 15) is 14.4 Å². The fraction of sp³-hybridized carbons (Fsp3) is 0.484. The average Bonchev–Trinajstić information content (AvgIpc) is 3.44. The minimum Gasteiger partial charge on any atom is -0.462 e. The number of benzene rings is 2. The lowest BCUT2D eigenvalue weighted by Gasteiger charge is -2.42. The number of carbonyl (C=O) groups excluding carboxylic acids is 1. The molecule has 2 fully saturated rings. The second-order valence-electron chi connectivity index (χ2n) is 11.5. The van der Waals surface area contributed by atoms with Crippen molar-refractivity contribution in [2.24, 2.45) is 0 Å². The van der Waals surface area contributed by atoms with Gasteiger partial charge in [0, 0.05) is 48.9 Å². The molecule has 3 aliphatic rings. The maximum absolute atomic E-state index is 14.5. The molecule has 1 aromatic heterocycles. The first-order chi connectivity index (χ1) is 21.2. The van der Waals surface area contributed by atoms with Crippen molar-refractivity contribution in [2.75, 3.05) is 56.2 Å². The number of hydrogen-bond acceptors (Lipinski definition) is 8. The SMILES string of the molecule is CN1CCC[C@H]1COc1nc2c(c(N3CCN(C(=O)C(Cl)Cl)[C@@H](CC#N)C3)n1)CCN(c1cccc3ccc(F)c(Cl)c13)C2. The van der Waals surface area contributed by atoms with Crippen LogP contribution < -0.4 is 14.5 Å². The van der Waals surface area contributed by atoms with Gasteiger partial charge in [-0.25, -0.2) is 4.39 Å².